The molecule has 1 aliphatic heterocycles. The van der Waals surface area contributed by atoms with E-state index in [-0.39, 0.29) is 6.03 Å². The topological polar surface area (TPSA) is 48.4 Å². The Labute approximate surface area is 83.7 Å². The predicted molar refractivity (Wildman–Crippen MR) is 52.9 cm³/mol. The average Bonchev–Trinajstić information content (AvgIpc) is 2.11. The first-order valence-corrected chi connectivity index (χ1v) is 4.34. The molecule has 1 aliphatic rings. The minimum Gasteiger partial charge on any atom is -0.379 e. The van der Waals surface area contributed by atoms with Crippen molar-refractivity contribution in [2.45, 2.75) is 0 Å². The first kappa shape index (κ1) is 10.9. The van der Waals surface area contributed by atoms with Crippen molar-refractivity contribution in [1.82, 2.24) is 15.0 Å². The van der Waals surface area contributed by atoms with E-state index in [0.29, 0.717) is 13.2 Å². The summed E-state index contributed by atoms with van der Waals surface area (Å²) in [6, 6.07) is -0.130. The normalized spacial score (nSPS) is 17.8. The van der Waals surface area contributed by atoms with Crippen molar-refractivity contribution >= 4 is 11.7 Å². The average molecular weight is 200 g/mol. The number of hydrazine groups is 1. The van der Waals surface area contributed by atoms with E-state index < -0.39 is 0 Å². The lowest BCUT2D eigenvalue weighted by molar-refractivity contribution is 0.0490. The maximum Gasteiger partial charge on any atom is 0.355 e. The van der Waals surface area contributed by atoms with Gasteiger partial charge >= 0.3 is 6.03 Å². The molecule has 0 fully saturated rings. The summed E-state index contributed by atoms with van der Waals surface area (Å²) in [6.45, 7) is 0.936. The Morgan fingerprint density at radius 2 is 2.21 bits per heavy atom. The highest BCUT2D eigenvalue weighted by molar-refractivity contribution is 5.93. The highest BCUT2D eigenvalue weighted by Gasteiger charge is 2.26. The van der Waals surface area contributed by atoms with Gasteiger partial charge in [0.1, 0.15) is 0 Å². The highest BCUT2D eigenvalue weighted by atomic mass is 16.5. The number of carbonyl (C=O) groups is 1. The number of ether oxygens (including phenoxy) is 1. The standard InChI is InChI=1S/C8H16N4O2/c1-10(2)12-5-7(6-14-4)9-11(3)8(12)13/h5-6H2,1-4H3. The Morgan fingerprint density at radius 3 is 2.71 bits per heavy atom. The third-order valence-corrected chi connectivity index (χ3v) is 1.92. The van der Waals surface area contributed by atoms with Crippen molar-refractivity contribution in [2.24, 2.45) is 5.10 Å². The summed E-state index contributed by atoms with van der Waals surface area (Å²) in [6.07, 6.45) is 0. The zero-order valence-corrected chi connectivity index (χ0v) is 9.02. The van der Waals surface area contributed by atoms with Crippen molar-refractivity contribution in [2.75, 3.05) is 41.4 Å². The molecular weight excluding hydrogens is 184 g/mol. The van der Waals surface area contributed by atoms with Crippen molar-refractivity contribution in [3.63, 3.8) is 0 Å². The molecule has 80 valence electrons. The monoisotopic (exact) mass is 200 g/mol. The number of methoxy groups -OCH3 is 1. The second kappa shape index (κ2) is 4.39. The van der Waals surface area contributed by atoms with Crippen LogP contribution in [0.2, 0.25) is 0 Å². The van der Waals surface area contributed by atoms with Crippen LogP contribution in [0.4, 0.5) is 4.79 Å². The number of hydrazone groups is 1. The minimum atomic E-state index is -0.130. The molecule has 0 radical (unpaired) electrons. The third kappa shape index (κ3) is 2.21. The summed E-state index contributed by atoms with van der Waals surface area (Å²) < 4.78 is 4.98. The van der Waals surface area contributed by atoms with Crippen LogP contribution in [-0.4, -0.2) is 68.2 Å². The van der Waals surface area contributed by atoms with Crippen LogP contribution < -0.4 is 0 Å². The molecule has 0 atom stereocenters. The Balaban J connectivity index is 2.76. The number of amides is 2. The molecule has 6 heteroatoms. The van der Waals surface area contributed by atoms with E-state index in [2.05, 4.69) is 5.10 Å². The molecule has 0 aromatic carbocycles. The zero-order valence-electron chi connectivity index (χ0n) is 9.02. The van der Waals surface area contributed by atoms with Crippen LogP contribution in [0.1, 0.15) is 0 Å². The molecule has 0 unspecified atom stereocenters. The van der Waals surface area contributed by atoms with Crippen LogP contribution in [0.25, 0.3) is 0 Å². The lowest BCUT2D eigenvalue weighted by atomic mass is 10.3. The maximum absolute atomic E-state index is 11.6. The van der Waals surface area contributed by atoms with Gasteiger partial charge in [0.15, 0.2) is 0 Å². The molecule has 0 aromatic heterocycles. The lowest BCUT2D eigenvalue weighted by Crippen LogP contribution is -2.53. The Bertz CT molecular complexity index is 252. The Hall–Kier alpha value is -1.14. The maximum atomic E-state index is 11.6. The van der Waals surface area contributed by atoms with Gasteiger partial charge in [0.2, 0.25) is 0 Å². The van der Waals surface area contributed by atoms with Crippen molar-refractivity contribution in [1.29, 1.82) is 0 Å². The van der Waals surface area contributed by atoms with Crippen molar-refractivity contribution < 1.29 is 9.53 Å². The second-order valence-electron chi connectivity index (χ2n) is 3.31. The molecule has 0 spiro atoms. The summed E-state index contributed by atoms with van der Waals surface area (Å²) >= 11 is 0. The number of hydrogen-bond donors (Lipinski definition) is 0. The number of nitrogens with zero attached hydrogens (tertiary/aromatic N) is 4. The van der Waals surface area contributed by atoms with Gasteiger partial charge in [0.05, 0.1) is 18.9 Å². The van der Waals surface area contributed by atoms with Gasteiger partial charge in [-0.25, -0.2) is 14.8 Å². The van der Waals surface area contributed by atoms with Crippen LogP contribution in [0, 0.1) is 0 Å². The Kier molecular flexibility index (Phi) is 3.43. The smallest absolute Gasteiger partial charge is 0.355 e. The van der Waals surface area contributed by atoms with E-state index in [0.717, 1.165) is 5.71 Å². The fraction of sp³-hybridized carbons (Fsp3) is 0.750. The third-order valence-electron chi connectivity index (χ3n) is 1.92. The summed E-state index contributed by atoms with van der Waals surface area (Å²) in [4.78, 5) is 11.6. The largest absolute Gasteiger partial charge is 0.379 e. The van der Waals surface area contributed by atoms with Crippen LogP contribution in [0.3, 0.4) is 0 Å². The van der Waals surface area contributed by atoms with E-state index in [1.54, 1.807) is 24.2 Å². The number of urea groups is 1. The first-order valence-electron chi connectivity index (χ1n) is 4.34. The summed E-state index contributed by atoms with van der Waals surface area (Å²) in [5.41, 5.74) is 0.836. The van der Waals surface area contributed by atoms with Crippen LogP contribution in [0.15, 0.2) is 5.10 Å². The number of rotatable bonds is 3. The van der Waals surface area contributed by atoms with Gasteiger partial charge in [-0.3, -0.25) is 5.01 Å². The predicted octanol–water partition coefficient (Wildman–Crippen LogP) is -0.167. The van der Waals surface area contributed by atoms with Gasteiger partial charge in [-0.1, -0.05) is 0 Å². The summed E-state index contributed by atoms with van der Waals surface area (Å²) in [7, 11) is 6.88. The number of hydrogen-bond acceptors (Lipinski definition) is 4. The van der Waals surface area contributed by atoms with Gasteiger partial charge in [-0.2, -0.15) is 5.10 Å². The van der Waals surface area contributed by atoms with E-state index in [1.807, 2.05) is 14.1 Å². The molecular formula is C8H16N4O2. The molecule has 1 rings (SSSR count). The quantitative estimate of drug-likeness (QED) is 0.635. The molecule has 0 N–H and O–H groups in total. The fourth-order valence-electron chi connectivity index (χ4n) is 1.25. The molecule has 6 nitrogen and oxygen atoms in total. The molecule has 1 heterocycles. The van der Waals surface area contributed by atoms with Gasteiger partial charge in [-0.15, -0.1) is 0 Å². The molecule has 0 saturated carbocycles. The van der Waals surface area contributed by atoms with Crippen LogP contribution >= 0.6 is 0 Å². The van der Waals surface area contributed by atoms with Gasteiger partial charge in [0.25, 0.3) is 0 Å². The van der Waals surface area contributed by atoms with Crippen molar-refractivity contribution in [3.8, 4) is 0 Å². The SMILES string of the molecule is COCC1=NN(C)C(=O)N(N(C)C)C1. The van der Waals surface area contributed by atoms with Crippen LogP contribution in [0.5, 0.6) is 0 Å². The van der Waals surface area contributed by atoms with E-state index in [4.69, 9.17) is 4.74 Å². The molecule has 0 aliphatic carbocycles. The lowest BCUT2D eigenvalue weighted by Gasteiger charge is -2.34. The summed E-state index contributed by atoms with van der Waals surface area (Å²) in [5.74, 6) is 0. The molecule has 0 bridgehead atoms. The Morgan fingerprint density at radius 1 is 1.57 bits per heavy atom. The van der Waals surface area contributed by atoms with Gasteiger partial charge < -0.3 is 4.74 Å². The second-order valence-corrected chi connectivity index (χ2v) is 3.31. The molecule has 0 aromatic rings. The molecule has 2 amide bonds. The van der Waals surface area contributed by atoms with E-state index in [1.165, 1.54) is 5.01 Å². The van der Waals surface area contributed by atoms with E-state index in [9.17, 15) is 4.79 Å². The van der Waals surface area contributed by atoms with Gasteiger partial charge in [-0.05, 0) is 0 Å². The zero-order chi connectivity index (χ0) is 10.7. The summed E-state index contributed by atoms with van der Waals surface area (Å²) in [5, 5.41) is 8.75. The number of carbonyl (C=O) groups excluding carboxylic acids is 1. The van der Waals surface area contributed by atoms with Crippen molar-refractivity contribution in [3.05, 3.63) is 0 Å². The minimum absolute atomic E-state index is 0.130. The highest BCUT2D eigenvalue weighted by Crippen LogP contribution is 2.06. The molecule has 0 saturated heterocycles. The molecule has 14 heavy (non-hydrogen) atoms. The first-order chi connectivity index (χ1) is 6.56. The van der Waals surface area contributed by atoms with Gasteiger partial charge in [0, 0.05) is 28.3 Å². The van der Waals surface area contributed by atoms with E-state index >= 15 is 0 Å². The fourth-order valence-corrected chi connectivity index (χ4v) is 1.25. The van der Waals surface area contributed by atoms with Crippen LogP contribution in [-0.2, 0) is 4.74 Å².